The van der Waals surface area contributed by atoms with Gasteiger partial charge in [-0.2, -0.15) is 5.06 Å². The molecule has 0 aromatic heterocycles. The molecule has 2 unspecified atom stereocenters. The summed E-state index contributed by atoms with van der Waals surface area (Å²) in [5.74, 6) is 3.15. The van der Waals surface area contributed by atoms with Gasteiger partial charge in [0.25, 0.3) is 0 Å². The Kier molecular flexibility index (Phi) is 7.15. The fourth-order valence-electron chi connectivity index (χ4n) is 7.73. The van der Waals surface area contributed by atoms with Gasteiger partial charge in [-0.05, 0) is 68.1 Å². The van der Waals surface area contributed by atoms with E-state index in [-0.39, 0.29) is 11.5 Å². The number of hydrogen-bond donors (Lipinski definition) is 0. The lowest BCUT2D eigenvalue weighted by Gasteiger charge is -2.58. The van der Waals surface area contributed by atoms with Gasteiger partial charge in [0.2, 0.25) is 0 Å². The van der Waals surface area contributed by atoms with Crippen LogP contribution in [0.3, 0.4) is 0 Å². The molecule has 1 heterocycles. The Balaban J connectivity index is 1.28. The molecule has 3 aliphatic carbocycles. The van der Waals surface area contributed by atoms with Crippen LogP contribution in [-0.4, -0.2) is 36.1 Å². The average Bonchev–Trinajstić information content (AvgIpc) is 3.73. The van der Waals surface area contributed by atoms with Gasteiger partial charge in [0, 0.05) is 42.3 Å². The van der Waals surface area contributed by atoms with Crippen molar-refractivity contribution >= 4 is 5.78 Å². The second kappa shape index (κ2) is 10.5. The van der Waals surface area contributed by atoms with E-state index in [0.29, 0.717) is 36.5 Å². The number of rotatable bonds is 10. The summed E-state index contributed by atoms with van der Waals surface area (Å²) in [6.07, 6.45) is 10.5. The first kappa shape index (κ1) is 25.1. The number of hydroxylamine groups is 2. The highest BCUT2D eigenvalue weighted by molar-refractivity contribution is 5.82. The number of fused-ring (bicyclic) bond motifs is 1. The van der Waals surface area contributed by atoms with Gasteiger partial charge in [0.05, 0.1) is 12.7 Å². The van der Waals surface area contributed by atoms with E-state index in [9.17, 15) is 4.79 Å². The van der Waals surface area contributed by atoms with Crippen LogP contribution in [0.2, 0.25) is 0 Å². The summed E-state index contributed by atoms with van der Waals surface area (Å²) in [6, 6.07) is 17.9. The van der Waals surface area contributed by atoms with Crippen molar-refractivity contribution in [3.8, 4) is 5.75 Å². The maximum absolute atomic E-state index is 12.9. The topological polar surface area (TPSA) is 38.8 Å². The summed E-state index contributed by atoms with van der Waals surface area (Å²) < 4.78 is 6.37. The summed E-state index contributed by atoms with van der Waals surface area (Å²) >= 11 is 0. The molecule has 2 aromatic rings. The van der Waals surface area contributed by atoms with E-state index < -0.39 is 0 Å². The Morgan fingerprint density at radius 1 is 1.08 bits per heavy atom. The number of ketones is 1. The van der Waals surface area contributed by atoms with Gasteiger partial charge in [0.15, 0.2) is 0 Å². The molecule has 5 atom stereocenters. The molecule has 0 radical (unpaired) electrons. The Morgan fingerprint density at radius 2 is 1.92 bits per heavy atom. The molecule has 4 nitrogen and oxygen atoms in total. The number of hydrogen-bond acceptors (Lipinski definition) is 4. The van der Waals surface area contributed by atoms with Crippen LogP contribution in [0, 0.1) is 11.8 Å². The molecular formula is C33H43NO3. The van der Waals surface area contributed by atoms with Crippen molar-refractivity contribution in [2.24, 2.45) is 11.8 Å². The Labute approximate surface area is 222 Å². The first-order valence-corrected chi connectivity index (χ1v) is 14.8. The van der Waals surface area contributed by atoms with Crippen LogP contribution in [0.4, 0.5) is 0 Å². The lowest BCUT2D eigenvalue weighted by Crippen LogP contribution is -2.62. The van der Waals surface area contributed by atoms with Gasteiger partial charge in [0.1, 0.15) is 11.5 Å². The number of unbranched alkanes of at least 4 members (excludes halogenated alkanes) is 1. The number of Topliss-reactive ketones (excluding diaryl/α,β-unsaturated/α-hetero) is 1. The molecule has 2 aromatic carbocycles. The summed E-state index contributed by atoms with van der Waals surface area (Å²) in [4.78, 5) is 19.9. The third-order valence-corrected chi connectivity index (χ3v) is 9.74. The maximum atomic E-state index is 12.9. The molecule has 0 spiro atoms. The number of carbonyl (C=O) groups excluding carboxylic acids is 1. The van der Waals surface area contributed by atoms with Crippen molar-refractivity contribution in [2.45, 2.75) is 102 Å². The number of nitrogens with zero attached hydrogens (tertiary/aromatic N) is 1. The lowest BCUT2D eigenvalue weighted by atomic mass is 9.52. The fraction of sp³-hybridized carbons (Fsp3) is 0.606. The molecular weight excluding hydrogens is 458 g/mol. The number of carbonyl (C=O) groups is 1. The molecule has 6 rings (SSSR count). The smallest absolute Gasteiger partial charge is 0.133 e. The van der Waals surface area contributed by atoms with E-state index >= 15 is 0 Å². The summed E-state index contributed by atoms with van der Waals surface area (Å²) in [5, 5.41) is 2.35. The quantitative estimate of drug-likeness (QED) is 0.328. The van der Waals surface area contributed by atoms with Crippen molar-refractivity contribution < 1.29 is 14.4 Å². The number of benzene rings is 2. The van der Waals surface area contributed by atoms with Gasteiger partial charge >= 0.3 is 0 Å². The highest BCUT2D eigenvalue weighted by Gasteiger charge is 2.57. The molecule has 37 heavy (non-hydrogen) atoms. The fourth-order valence-corrected chi connectivity index (χ4v) is 7.73. The molecule has 4 aliphatic rings. The molecule has 0 amide bonds. The van der Waals surface area contributed by atoms with E-state index in [4.69, 9.17) is 9.57 Å². The van der Waals surface area contributed by atoms with E-state index in [1.165, 1.54) is 36.0 Å². The third kappa shape index (κ3) is 4.88. The van der Waals surface area contributed by atoms with Gasteiger partial charge < -0.3 is 4.74 Å². The van der Waals surface area contributed by atoms with Crippen molar-refractivity contribution in [1.82, 2.24) is 5.06 Å². The highest BCUT2D eigenvalue weighted by Crippen LogP contribution is 2.57. The molecule has 0 N–H and O–H groups in total. The minimum absolute atomic E-state index is 0.105. The Bertz CT molecular complexity index is 1100. The molecule has 1 aliphatic heterocycles. The lowest BCUT2D eigenvalue weighted by molar-refractivity contribution is -0.257. The minimum Gasteiger partial charge on any atom is -0.493 e. The van der Waals surface area contributed by atoms with Crippen molar-refractivity contribution in [2.75, 3.05) is 13.2 Å². The van der Waals surface area contributed by atoms with E-state index in [2.05, 4.69) is 67.4 Å². The van der Waals surface area contributed by atoms with E-state index in [0.717, 1.165) is 56.9 Å². The van der Waals surface area contributed by atoms with Crippen molar-refractivity contribution in [3.05, 3.63) is 65.2 Å². The summed E-state index contributed by atoms with van der Waals surface area (Å²) in [5.41, 5.74) is 4.01. The van der Waals surface area contributed by atoms with Crippen LogP contribution < -0.4 is 4.74 Å². The average molecular weight is 502 g/mol. The Morgan fingerprint density at radius 3 is 2.70 bits per heavy atom. The SMILES string of the molecule is CCCCOc1cccc2c1[C@]13CCN(OC(C)C(CC4CC4)c4ccccc4)[C@H](C2)[C@@H]1CCC(=O)C3. The first-order chi connectivity index (χ1) is 18.1. The van der Waals surface area contributed by atoms with E-state index in [1.807, 2.05) is 0 Å². The molecule has 2 bridgehead atoms. The van der Waals surface area contributed by atoms with Crippen LogP contribution in [0.5, 0.6) is 5.75 Å². The third-order valence-electron chi connectivity index (χ3n) is 9.74. The first-order valence-electron chi connectivity index (χ1n) is 14.8. The molecule has 4 heteroatoms. The predicted octanol–water partition coefficient (Wildman–Crippen LogP) is 7.01. The second-order valence-corrected chi connectivity index (χ2v) is 12.2. The van der Waals surface area contributed by atoms with Gasteiger partial charge in [-0.25, -0.2) is 0 Å². The highest BCUT2D eigenvalue weighted by atomic mass is 16.7. The minimum atomic E-state index is -0.105. The molecule has 3 fully saturated rings. The Hall–Kier alpha value is -2.17. The monoisotopic (exact) mass is 501 g/mol. The number of ether oxygens (including phenoxy) is 1. The summed E-state index contributed by atoms with van der Waals surface area (Å²) in [6.45, 7) is 6.11. The van der Waals surface area contributed by atoms with Crippen molar-refractivity contribution in [3.63, 3.8) is 0 Å². The predicted molar refractivity (Wildman–Crippen MR) is 147 cm³/mol. The van der Waals surface area contributed by atoms with Crippen LogP contribution in [0.1, 0.15) is 94.2 Å². The normalized spacial score (nSPS) is 28.8. The zero-order valence-electron chi connectivity index (χ0n) is 22.7. The van der Waals surface area contributed by atoms with Crippen LogP contribution in [0.15, 0.2) is 48.5 Å². The second-order valence-electron chi connectivity index (χ2n) is 12.2. The maximum Gasteiger partial charge on any atom is 0.133 e. The van der Waals surface area contributed by atoms with Crippen LogP contribution in [0.25, 0.3) is 0 Å². The summed E-state index contributed by atoms with van der Waals surface area (Å²) in [7, 11) is 0. The van der Waals surface area contributed by atoms with Gasteiger partial charge in [-0.1, -0.05) is 68.7 Å². The van der Waals surface area contributed by atoms with Crippen LogP contribution in [-0.2, 0) is 21.5 Å². The molecule has 198 valence electrons. The van der Waals surface area contributed by atoms with E-state index in [1.54, 1.807) is 0 Å². The van der Waals surface area contributed by atoms with Gasteiger partial charge in [-0.3, -0.25) is 9.63 Å². The largest absolute Gasteiger partial charge is 0.493 e. The van der Waals surface area contributed by atoms with Crippen LogP contribution >= 0.6 is 0 Å². The number of piperidine rings is 1. The zero-order chi connectivity index (χ0) is 25.4. The molecule has 2 saturated carbocycles. The standard InChI is InChI=1S/C33H43NO3/c1-3-4-19-36-31-12-8-11-26-21-30-29-16-15-27(35)22-33(29,32(26)31)17-18-34(30)37-23(2)28(20-24-13-14-24)25-9-6-5-7-10-25/h5-12,23-24,28-30H,3-4,13-22H2,1-2H3/t23?,28?,29-,30+,33-/m0/s1. The van der Waals surface area contributed by atoms with Gasteiger partial charge in [-0.15, -0.1) is 0 Å². The van der Waals surface area contributed by atoms with Crippen molar-refractivity contribution in [1.29, 1.82) is 0 Å². The molecule has 1 saturated heterocycles. The zero-order valence-corrected chi connectivity index (χ0v) is 22.7.